The molecule has 1 aromatic heterocycles. The molecule has 1 amide bonds. The summed E-state index contributed by atoms with van der Waals surface area (Å²) in [5.74, 6) is -0.468. The Morgan fingerprint density at radius 1 is 1.53 bits per heavy atom. The zero-order chi connectivity index (χ0) is 14.0. The van der Waals surface area contributed by atoms with Crippen LogP contribution in [0.3, 0.4) is 0 Å². The number of carbonyl (C=O) groups is 1. The van der Waals surface area contributed by atoms with Gasteiger partial charge in [-0.1, -0.05) is 0 Å². The largest absolute Gasteiger partial charge is 0.375 e. The Morgan fingerprint density at radius 2 is 2.26 bits per heavy atom. The highest BCUT2D eigenvalue weighted by molar-refractivity contribution is 9.10. The van der Waals surface area contributed by atoms with E-state index in [1.165, 1.54) is 17.5 Å². The van der Waals surface area contributed by atoms with Gasteiger partial charge >= 0.3 is 0 Å². The summed E-state index contributed by atoms with van der Waals surface area (Å²) >= 11 is 4.21. The van der Waals surface area contributed by atoms with Crippen LogP contribution in [-0.4, -0.2) is 15.8 Å². The van der Waals surface area contributed by atoms with Gasteiger partial charge in [0, 0.05) is 17.1 Å². The molecule has 0 aliphatic carbocycles. The van der Waals surface area contributed by atoms with E-state index >= 15 is 0 Å². The lowest BCUT2D eigenvalue weighted by atomic mass is 10.2. The summed E-state index contributed by atoms with van der Waals surface area (Å²) < 4.78 is 0.341. The van der Waals surface area contributed by atoms with Crippen molar-refractivity contribution in [2.45, 2.75) is 0 Å². The summed E-state index contributed by atoms with van der Waals surface area (Å²) in [6.07, 6.45) is 0. The van der Waals surface area contributed by atoms with Crippen molar-refractivity contribution in [3.63, 3.8) is 0 Å². The number of anilines is 2. The number of nitrogens with one attached hydrogen (secondary N) is 1. The minimum Gasteiger partial charge on any atom is -0.375 e. The number of nitro benzene ring substituents is 1. The number of thiazole rings is 1. The summed E-state index contributed by atoms with van der Waals surface area (Å²) in [5.41, 5.74) is 5.78. The Morgan fingerprint density at radius 3 is 2.84 bits per heavy atom. The average molecular weight is 343 g/mol. The number of aromatic nitrogens is 1. The van der Waals surface area contributed by atoms with E-state index in [0.29, 0.717) is 10.2 Å². The molecule has 0 radical (unpaired) electrons. The van der Waals surface area contributed by atoms with Gasteiger partial charge in [-0.3, -0.25) is 14.9 Å². The Kier molecular flexibility index (Phi) is 3.76. The number of rotatable bonds is 3. The molecule has 0 atom stereocenters. The maximum Gasteiger partial charge on any atom is 0.285 e. The maximum absolute atomic E-state index is 11.8. The van der Waals surface area contributed by atoms with Crippen LogP contribution in [0.2, 0.25) is 0 Å². The number of benzene rings is 1. The van der Waals surface area contributed by atoms with Gasteiger partial charge in [0.1, 0.15) is 5.69 Å². The summed E-state index contributed by atoms with van der Waals surface area (Å²) in [7, 11) is 0. The SMILES string of the molecule is Nc1nc(C(=O)Nc2ccc(Br)c([N+](=O)[O-])c2)cs1. The third-order valence-corrected chi connectivity index (χ3v) is 3.50. The topological polar surface area (TPSA) is 111 Å². The number of nitrogen functional groups attached to an aromatic ring is 1. The molecule has 0 saturated heterocycles. The molecule has 1 aromatic carbocycles. The van der Waals surface area contributed by atoms with Crippen LogP contribution < -0.4 is 11.1 Å². The zero-order valence-electron chi connectivity index (χ0n) is 9.29. The molecule has 0 spiro atoms. The summed E-state index contributed by atoms with van der Waals surface area (Å²) in [5, 5.41) is 15.1. The van der Waals surface area contributed by atoms with Crippen molar-refractivity contribution in [3.05, 3.63) is 43.9 Å². The van der Waals surface area contributed by atoms with Crippen LogP contribution in [0.15, 0.2) is 28.1 Å². The first-order chi connectivity index (χ1) is 8.97. The molecule has 0 unspecified atom stereocenters. The molecule has 19 heavy (non-hydrogen) atoms. The highest BCUT2D eigenvalue weighted by Gasteiger charge is 2.15. The van der Waals surface area contributed by atoms with Crippen LogP contribution in [-0.2, 0) is 0 Å². The molecule has 7 nitrogen and oxygen atoms in total. The quantitative estimate of drug-likeness (QED) is 0.657. The van der Waals surface area contributed by atoms with Crippen LogP contribution in [0.4, 0.5) is 16.5 Å². The van der Waals surface area contributed by atoms with Gasteiger partial charge in [-0.2, -0.15) is 0 Å². The molecule has 98 valence electrons. The number of amides is 1. The first-order valence-electron chi connectivity index (χ1n) is 4.93. The first kappa shape index (κ1) is 13.4. The van der Waals surface area contributed by atoms with Crippen LogP contribution in [0.25, 0.3) is 0 Å². The van der Waals surface area contributed by atoms with E-state index in [1.807, 2.05) is 0 Å². The third-order valence-electron chi connectivity index (χ3n) is 2.16. The minimum absolute atomic E-state index is 0.129. The van der Waals surface area contributed by atoms with E-state index in [4.69, 9.17) is 5.73 Å². The van der Waals surface area contributed by atoms with Crippen LogP contribution >= 0.6 is 27.3 Å². The fourth-order valence-corrected chi connectivity index (χ4v) is 2.25. The predicted octanol–water partition coefficient (Wildman–Crippen LogP) is 2.65. The normalized spacial score (nSPS) is 10.2. The minimum atomic E-state index is -0.541. The lowest BCUT2D eigenvalue weighted by Crippen LogP contribution is -2.12. The van der Waals surface area contributed by atoms with Crippen molar-refractivity contribution in [2.24, 2.45) is 0 Å². The van der Waals surface area contributed by atoms with E-state index in [9.17, 15) is 14.9 Å². The molecule has 1 heterocycles. The lowest BCUT2D eigenvalue weighted by molar-refractivity contribution is -0.385. The molecular weight excluding hydrogens is 336 g/mol. The van der Waals surface area contributed by atoms with Gasteiger partial charge in [0.25, 0.3) is 11.6 Å². The van der Waals surface area contributed by atoms with E-state index in [2.05, 4.69) is 26.2 Å². The highest BCUT2D eigenvalue weighted by atomic mass is 79.9. The number of nitrogens with zero attached hydrogens (tertiary/aromatic N) is 2. The standard InChI is InChI=1S/C10H7BrN4O3S/c11-6-2-1-5(3-8(6)15(17)18)13-9(16)7-4-19-10(12)14-7/h1-4H,(H2,12,14)(H,13,16). The molecular formula is C10H7BrN4O3S. The smallest absolute Gasteiger partial charge is 0.285 e. The maximum atomic E-state index is 11.8. The van der Waals surface area contributed by atoms with Crippen LogP contribution in [0.5, 0.6) is 0 Å². The highest BCUT2D eigenvalue weighted by Crippen LogP contribution is 2.28. The predicted molar refractivity (Wildman–Crippen MR) is 75.3 cm³/mol. The summed E-state index contributed by atoms with van der Waals surface area (Å²) in [6, 6.07) is 4.30. The van der Waals surface area contributed by atoms with Gasteiger partial charge in [-0.15, -0.1) is 11.3 Å². The second-order valence-corrected chi connectivity index (χ2v) is 5.19. The van der Waals surface area contributed by atoms with Gasteiger partial charge in [0.2, 0.25) is 0 Å². The number of hydrogen-bond acceptors (Lipinski definition) is 6. The number of carbonyl (C=O) groups excluding carboxylic acids is 1. The van der Waals surface area contributed by atoms with E-state index in [-0.39, 0.29) is 16.5 Å². The monoisotopic (exact) mass is 342 g/mol. The second kappa shape index (κ2) is 5.33. The van der Waals surface area contributed by atoms with Crippen molar-refractivity contribution in [2.75, 3.05) is 11.1 Å². The molecule has 3 N–H and O–H groups in total. The molecule has 0 saturated carbocycles. The third kappa shape index (κ3) is 3.06. The van der Waals surface area contributed by atoms with Crippen LogP contribution in [0, 0.1) is 10.1 Å². The summed E-state index contributed by atoms with van der Waals surface area (Å²) in [4.78, 5) is 25.8. The van der Waals surface area contributed by atoms with Gasteiger partial charge in [0.15, 0.2) is 5.13 Å². The van der Waals surface area contributed by atoms with Crippen molar-refractivity contribution >= 4 is 49.7 Å². The molecule has 0 aliphatic heterocycles. The Bertz CT molecular complexity index is 658. The fourth-order valence-electron chi connectivity index (χ4n) is 1.32. The lowest BCUT2D eigenvalue weighted by Gasteiger charge is -2.03. The molecule has 0 aliphatic rings. The van der Waals surface area contributed by atoms with Crippen molar-refractivity contribution in [1.29, 1.82) is 0 Å². The molecule has 0 fully saturated rings. The number of nitrogens with two attached hydrogens (primary N) is 1. The van der Waals surface area contributed by atoms with E-state index in [1.54, 1.807) is 6.07 Å². The van der Waals surface area contributed by atoms with E-state index in [0.717, 1.165) is 11.3 Å². The van der Waals surface area contributed by atoms with Gasteiger partial charge in [-0.05, 0) is 28.1 Å². The number of halogens is 1. The average Bonchev–Trinajstić information content (AvgIpc) is 2.78. The Hall–Kier alpha value is -2.00. The van der Waals surface area contributed by atoms with Gasteiger partial charge in [0.05, 0.1) is 9.40 Å². The summed E-state index contributed by atoms with van der Waals surface area (Å²) in [6.45, 7) is 0. The zero-order valence-corrected chi connectivity index (χ0v) is 11.7. The Balaban J connectivity index is 2.22. The first-order valence-corrected chi connectivity index (χ1v) is 6.61. The van der Waals surface area contributed by atoms with Gasteiger partial charge in [-0.25, -0.2) is 4.98 Å². The van der Waals surface area contributed by atoms with E-state index < -0.39 is 10.8 Å². The van der Waals surface area contributed by atoms with Crippen molar-refractivity contribution in [1.82, 2.24) is 4.98 Å². The van der Waals surface area contributed by atoms with Gasteiger partial charge < -0.3 is 11.1 Å². The number of hydrogen-bond donors (Lipinski definition) is 2. The molecule has 0 bridgehead atoms. The molecule has 9 heteroatoms. The second-order valence-electron chi connectivity index (χ2n) is 3.45. The number of nitro groups is 1. The van der Waals surface area contributed by atoms with Crippen LogP contribution in [0.1, 0.15) is 10.5 Å². The van der Waals surface area contributed by atoms with Crippen molar-refractivity contribution < 1.29 is 9.72 Å². The molecule has 2 rings (SSSR count). The van der Waals surface area contributed by atoms with Crippen molar-refractivity contribution in [3.8, 4) is 0 Å². The molecule has 2 aromatic rings. The Labute approximate surface area is 119 Å². The fraction of sp³-hybridized carbons (Fsp3) is 0.